The third-order valence-corrected chi connectivity index (χ3v) is 4.83. The van der Waals surface area contributed by atoms with Gasteiger partial charge in [-0.3, -0.25) is 9.20 Å². The standard InChI is InChI=1S/C20H20ClN5O/c21-16-7-6-15-8-12-25(17(15)14-16)13-9-20(27)22-10-3-5-19-24-23-18-4-1-2-11-26(18)19/h1-2,4,6-8,11-12,14H,3,5,9-10,13H2,(H,22,27). The number of aromatic nitrogens is 4. The molecule has 3 heterocycles. The summed E-state index contributed by atoms with van der Waals surface area (Å²) in [7, 11) is 0. The van der Waals surface area contributed by atoms with E-state index in [4.69, 9.17) is 11.6 Å². The van der Waals surface area contributed by atoms with Crippen LogP contribution in [0, 0.1) is 0 Å². The highest BCUT2D eigenvalue weighted by atomic mass is 35.5. The van der Waals surface area contributed by atoms with E-state index in [1.54, 1.807) is 0 Å². The maximum Gasteiger partial charge on any atom is 0.221 e. The van der Waals surface area contributed by atoms with Crippen LogP contribution in [-0.4, -0.2) is 31.6 Å². The predicted octanol–water partition coefficient (Wildman–Crippen LogP) is 3.48. The van der Waals surface area contributed by atoms with Crippen LogP contribution in [0.4, 0.5) is 0 Å². The van der Waals surface area contributed by atoms with E-state index in [0.717, 1.165) is 35.2 Å². The molecule has 1 N–H and O–H groups in total. The number of carbonyl (C=O) groups is 1. The molecular formula is C20H20ClN5O. The van der Waals surface area contributed by atoms with Crippen LogP contribution in [0.1, 0.15) is 18.7 Å². The summed E-state index contributed by atoms with van der Waals surface area (Å²) in [4.78, 5) is 12.1. The maximum absolute atomic E-state index is 12.1. The average Bonchev–Trinajstić information content (AvgIpc) is 3.27. The van der Waals surface area contributed by atoms with Gasteiger partial charge >= 0.3 is 0 Å². The summed E-state index contributed by atoms with van der Waals surface area (Å²) < 4.78 is 4.03. The number of hydrogen-bond acceptors (Lipinski definition) is 3. The number of carbonyl (C=O) groups excluding carboxylic acids is 1. The number of halogens is 1. The van der Waals surface area contributed by atoms with Crippen molar-refractivity contribution in [3.8, 4) is 0 Å². The van der Waals surface area contributed by atoms with Gasteiger partial charge in [-0.2, -0.15) is 0 Å². The molecule has 0 aliphatic heterocycles. The molecule has 0 spiro atoms. The van der Waals surface area contributed by atoms with Crippen LogP contribution in [0.2, 0.25) is 5.02 Å². The number of amides is 1. The van der Waals surface area contributed by atoms with Crippen molar-refractivity contribution < 1.29 is 4.79 Å². The largest absolute Gasteiger partial charge is 0.356 e. The molecule has 0 bridgehead atoms. The molecule has 3 aromatic heterocycles. The average molecular weight is 382 g/mol. The van der Waals surface area contributed by atoms with Crippen LogP contribution in [-0.2, 0) is 17.8 Å². The molecular weight excluding hydrogens is 362 g/mol. The lowest BCUT2D eigenvalue weighted by molar-refractivity contribution is -0.121. The fraction of sp³-hybridized carbons (Fsp3) is 0.250. The lowest BCUT2D eigenvalue weighted by atomic mass is 10.2. The number of fused-ring (bicyclic) bond motifs is 2. The van der Waals surface area contributed by atoms with E-state index in [1.807, 2.05) is 59.3 Å². The second-order valence-electron chi connectivity index (χ2n) is 6.46. The van der Waals surface area contributed by atoms with Crippen LogP contribution >= 0.6 is 11.6 Å². The summed E-state index contributed by atoms with van der Waals surface area (Å²) in [5.41, 5.74) is 1.89. The van der Waals surface area contributed by atoms with Crippen LogP contribution in [0.3, 0.4) is 0 Å². The number of nitrogens with one attached hydrogen (secondary N) is 1. The molecule has 0 radical (unpaired) electrons. The van der Waals surface area contributed by atoms with Crippen LogP contribution in [0.15, 0.2) is 54.9 Å². The monoisotopic (exact) mass is 381 g/mol. The first-order chi connectivity index (χ1) is 13.2. The number of pyridine rings is 1. The second-order valence-corrected chi connectivity index (χ2v) is 6.90. The summed E-state index contributed by atoms with van der Waals surface area (Å²) >= 11 is 6.07. The Kier molecular flexibility index (Phi) is 5.07. The Morgan fingerprint density at radius 2 is 2.04 bits per heavy atom. The summed E-state index contributed by atoms with van der Waals surface area (Å²) in [6, 6.07) is 13.7. The minimum Gasteiger partial charge on any atom is -0.356 e. The summed E-state index contributed by atoms with van der Waals surface area (Å²) in [6.07, 6.45) is 5.97. The Labute approximate surface area is 161 Å². The Morgan fingerprint density at radius 1 is 1.11 bits per heavy atom. The molecule has 1 aromatic carbocycles. The van der Waals surface area contributed by atoms with Gasteiger partial charge in [0.15, 0.2) is 5.65 Å². The van der Waals surface area contributed by atoms with Gasteiger partial charge in [-0.1, -0.05) is 23.7 Å². The van der Waals surface area contributed by atoms with Gasteiger partial charge in [0.2, 0.25) is 5.91 Å². The van der Waals surface area contributed by atoms with Crippen molar-refractivity contribution >= 4 is 34.1 Å². The van der Waals surface area contributed by atoms with Crippen molar-refractivity contribution in [1.82, 2.24) is 24.5 Å². The van der Waals surface area contributed by atoms with Gasteiger partial charge in [0.1, 0.15) is 5.82 Å². The fourth-order valence-electron chi connectivity index (χ4n) is 3.20. The van der Waals surface area contributed by atoms with Gasteiger partial charge in [-0.05, 0) is 42.1 Å². The van der Waals surface area contributed by atoms with Crippen molar-refractivity contribution in [3.63, 3.8) is 0 Å². The zero-order valence-electron chi connectivity index (χ0n) is 14.8. The molecule has 0 unspecified atom stereocenters. The number of aryl methyl sites for hydroxylation is 2. The highest BCUT2D eigenvalue weighted by Crippen LogP contribution is 2.20. The first-order valence-corrected chi connectivity index (χ1v) is 9.38. The van der Waals surface area contributed by atoms with Gasteiger partial charge < -0.3 is 9.88 Å². The Balaban J connectivity index is 1.24. The van der Waals surface area contributed by atoms with Crippen molar-refractivity contribution in [3.05, 3.63) is 65.7 Å². The van der Waals surface area contributed by atoms with E-state index in [1.165, 1.54) is 0 Å². The van der Waals surface area contributed by atoms with Gasteiger partial charge in [0, 0.05) is 48.9 Å². The molecule has 4 rings (SSSR count). The smallest absolute Gasteiger partial charge is 0.221 e. The van der Waals surface area contributed by atoms with Crippen molar-refractivity contribution in [2.75, 3.05) is 6.54 Å². The van der Waals surface area contributed by atoms with E-state index in [0.29, 0.717) is 24.5 Å². The molecule has 0 fully saturated rings. The first kappa shape index (κ1) is 17.5. The van der Waals surface area contributed by atoms with Gasteiger partial charge in [0.05, 0.1) is 0 Å². The second kappa shape index (κ2) is 7.80. The molecule has 0 aliphatic rings. The molecule has 0 aliphatic carbocycles. The summed E-state index contributed by atoms with van der Waals surface area (Å²) in [6.45, 7) is 1.25. The van der Waals surface area contributed by atoms with Gasteiger partial charge in [-0.25, -0.2) is 0 Å². The predicted molar refractivity (Wildman–Crippen MR) is 106 cm³/mol. The van der Waals surface area contributed by atoms with E-state index >= 15 is 0 Å². The van der Waals surface area contributed by atoms with Crippen molar-refractivity contribution in [2.45, 2.75) is 25.8 Å². The topological polar surface area (TPSA) is 64.2 Å². The quantitative estimate of drug-likeness (QED) is 0.498. The van der Waals surface area contributed by atoms with Gasteiger partial charge in [0.25, 0.3) is 0 Å². The first-order valence-electron chi connectivity index (χ1n) is 9.00. The van der Waals surface area contributed by atoms with Crippen LogP contribution < -0.4 is 5.32 Å². The van der Waals surface area contributed by atoms with E-state index in [9.17, 15) is 4.79 Å². The SMILES string of the molecule is O=C(CCn1ccc2ccc(Cl)cc21)NCCCc1nnc2ccccn12. The highest BCUT2D eigenvalue weighted by Gasteiger charge is 2.07. The number of benzene rings is 1. The lowest BCUT2D eigenvalue weighted by Crippen LogP contribution is -2.25. The normalized spacial score (nSPS) is 11.3. The minimum absolute atomic E-state index is 0.0463. The minimum atomic E-state index is 0.0463. The van der Waals surface area contributed by atoms with Crippen LogP contribution in [0.5, 0.6) is 0 Å². The van der Waals surface area contributed by atoms with Crippen molar-refractivity contribution in [1.29, 1.82) is 0 Å². The fourth-order valence-corrected chi connectivity index (χ4v) is 3.36. The van der Waals surface area contributed by atoms with E-state index in [-0.39, 0.29) is 5.91 Å². The van der Waals surface area contributed by atoms with E-state index in [2.05, 4.69) is 20.1 Å². The third-order valence-electron chi connectivity index (χ3n) is 4.60. The van der Waals surface area contributed by atoms with Crippen LogP contribution in [0.25, 0.3) is 16.6 Å². The van der Waals surface area contributed by atoms with Crippen molar-refractivity contribution in [2.24, 2.45) is 0 Å². The molecule has 27 heavy (non-hydrogen) atoms. The molecule has 0 atom stereocenters. The van der Waals surface area contributed by atoms with Gasteiger partial charge in [-0.15, -0.1) is 10.2 Å². The number of nitrogens with zero attached hydrogens (tertiary/aromatic N) is 4. The molecule has 0 saturated heterocycles. The molecule has 138 valence electrons. The highest BCUT2D eigenvalue weighted by molar-refractivity contribution is 6.31. The third kappa shape index (κ3) is 3.95. The summed E-state index contributed by atoms with van der Waals surface area (Å²) in [5, 5.41) is 13.1. The number of hydrogen-bond donors (Lipinski definition) is 1. The lowest BCUT2D eigenvalue weighted by Gasteiger charge is -2.07. The maximum atomic E-state index is 12.1. The Morgan fingerprint density at radius 3 is 2.96 bits per heavy atom. The zero-order valence-corrected chi connectivity index (χ0v) is 15.6. The van der Waals surface area contributed by atoms with E-state index < -0.39 is 0 Å². The molecule has 6 nitrogen and oxygen atoms in total. The molecule has 1 amide bonds. The Bertz CT molecular complexity index is 1080. The zero-order chi connectivity index (χ0) is 18.6. The molecule has 0 saturated carbocycles. The summed E-state index contributed by atoms with van der Waals surface area (Å²) in [5.74, 6) is 0.959. The number of rotatable bonds is 7. The molecule has 7 heteroatoms. The molecule has 4 aromatic rings. The Hall–Kier alpha value is -2.86.